The molecule has 1 N–H and O–H groups in total. The lowest BCUT2D eigenvalue weighted by Crippen LogP contribution is -2.23. The third kappa shape index (κ3) is 4.12. The Labute approximate surface area is 168 Å². The third-order valence-corrected chi connectivity index (χ3v) is 5.52. The van der Waals surface area contributed by atoms with Crippen molar-refractivity contribution < 1.29 is 9.59 Å². The first kappa shape index (κ1) is 18.4. The first-order valence-corrected chi connectivity index (χ1v) is 10.2. The van der Waals surface area contributed by atoms with Crippen LogP contribution < -0.4 is 10.2 Å². The van der Waals surface area contributed by atoms with Crippen molar-refractivity contribution in [2.45, 2.75) is 26.2 Å². The first-order valence-electron chi connectivity index (χ1n) is 9.30. The van der Waals surface area contributed by atoms with Gasteiger partial charge in [0.2, 0.25) is 11.8 Å². The number of aromatic nitrogens is 1. The second-order valence-corrected chi connectivity index (χ2v) is 7.94. The monoisotopic (exact) mass is 391 g/mol. The zero-order chi connectivity index (χ0) is 19.5. The van der Waals surface area contributed by atoms with Crippen molar-refractivity contribution in [3.63, 3.8) is 0 Å². The Kier molecular flexibility index (Phi) is 5.21. The molecule has 28 heavy (non-hydrogen) atoms. The van der Waals surface area contributed by atoms with E-state index in [0.717, 1.165) is 46.2 Å². The lowest BCUT2D eigenvalue weighted by molar-refractivity contribution is -0.117. The molecule has 1 saturated heterocycles. The summed E-state index contributed by atoms with van der Waals surface area (Å²) < 4.78 is 0. The number of nitrogens with one attached hydrogen (secondary N) is 1. The second kappa shape index (κ2) is 7.94. The van der Waals surface area contributed by atoms with Gasteiger partial charge in [0.05, 0.1) is 17.1 Å². The van der Waals surface area contributed by atoms with Gasteiger partial charge in [0.1, 0.15) is 0 Å². The third-order valence-electron chi connectivity index (χ3n) is 4.75. The number of hydrogen-bond acceptors (Lipinski definition) is 4. The van der Waals surface area contributed by atoms with Gasteiger partial charge in [-0.05, 0) is 43.2 Å². The van der Waals surface area contributed by atoms with Crippen molar-refractivity contribution in [2.75, 3.05) is 16.8 Å². The van der Waals surface area contributed by atoms with Crippen LogP contribution in [-0.4, -0.2) is 23.3 Å². The molecule has 3 aromatic rings. The maximum atomic E-state index is 12.4. The van der Waals surface area contributed by atoms with E-state index in [0.29, 0.717) is 6.42 Å². The van der Waals surface area contributed by atoms with Gasteiger partial charge in [-0.2, -0.15) is 0 Å². The van der Waals surface area contributed by atoms with E-state index in [-0.39, 0.29) is 18.2 Å². The zero-order valence-corrected chi connectivity index (χ0v) is 16.5. The summed E-state index contributed by atoms with van der Waals surface area (Å²) >= 11 is 1.61. The molecule has 142 valence electrons. The van der Waals surface area contributed by atoms with Gasteiger partial charge in [0.25, 0.3) is 0 Å². The van der Waals surface area contributed by atoms with Crippen LogP contribution in [-0.2, 0) is 16.0 Å². The number of amides is 2. The molecule has 2 heterocycles. The lowest BCUT2D eigenvalue weighted by Gasteiger charge is -2.15. The van der Waals surface area contributed by atoms with E-state index in [9.17, 15) is 9.59 Å². The minimum Gasteiger partial charge on any atom is -0.326 e. The highest BCUT2D eigenvalue weighted by molar-refractivity contribution is 7.09. The molecule has 0 saturated carbocycles. The van der Waals surface area contributed by atoms with E-state index in [1.165, 1.54) is 0 Å². The predicted molar refractivity (Wildman–Crippen MR) is 113 cm³/mol. The van der Waals surface area contributed by atoms with Crippen LogP contribution >= 0.6 is 11.3 Å². The fourth-order valence-electron chi connectivity index (χ4n) is 3.36. The number of anilines is 2. The molecule has 1 aromatic heterocycles. The van der Waals surface area contributed by atoms with Gasteiger partial charge in [0.15, 0.2) is 0 Å². The summed E-state index contributed by atoms with van der Waals surface area (Å²) in [5.74, 6) is 0.0947. The van der Waals surface area contributed by atoms with E-state index in [1.54, 1.807) is 16.2 Å². The molecule has 5 nitrogen and oxygen atoms in total. The van der Waals surface area contributed by atoms with Crippen LogP contribution in [0.2, 0.25) is 0 Å². The largest absolute Gasteiger partial charge is 0.326 e. The Balaban J connectivity index is 1.40. The highest BCUT2D eigenvalue weighted by atomic mass is 32.1. The summed E-state index contributed by atoms with van der Waals surface area (Å²) in [6.45, 7) is 2.75. The number of nitrogens with zero attached hydrogens (tertiary/aromatic N) is 2. The summed E-state index contributed by atoms with van der Waals surface area (Å²) in [7, 11) is 0. The number of rotatable bonds is 5. The molecular formula is C22H21N3O2S. The zero-order valence-electron chi connectivity index (χ0n) is 15.6. The number of carbonyl (C=O) groups excluding carboxylic acids is 2. The number of hydrogen-bond donors (Lipinski definition) is 1. The van der Waals surface area contributed by atoms with Crippen molar-refractivity contribution in [1.29, 1.82) is 0 Å². The molecule has 1 aliphatic heterocycles. The standard InChI is InChI=1S/C22H21N3O2S/c1-15-23-20(14-28-15)17-4-2-5-18(13-17)24-21(26)12-16-7-9-19(10-8-16)25-11-3-6-22(25)27/h2,4-5,7-10,13-14H,3,6,11-12H2,1H3,(H,24,26). The minimum atomic E-state index is -0.0726. The first-order chi connectivity index (χ1) is 13.6. The average Bonchev–Trinajstić information content (AvgIpc) is 3.31. The smallest absolute Gasteiger partial charge is 0.228 e. The topological polar surface area (TPSA) is 62.3 Å². The van der Waals surface area contributed by atoms with Gasteiger partial charge in [-0.1, -0.05) is 24.3 Å². The minimum absolute atomic E-state index is 0.0726. The van der Waals surface area contributed by atoms with Crippen LogP contribution in [0.5, 0.6) is 0 Å². The summed E-state index contributed by atoms with van der Waals surface area (Å²) in [5, 5.41) is 5.99. The van der Waals surface area contributed by atoms with Crippen LogP contribution in [0.15, 0.2) is 53.9 Å². The highest BCUT2D eigenvalue weighted by Gasteiger charge is 2.21. The fourth-order valence-corrected chi connectivity index (χ4v) is 3.98. The Morgan fingerprint density at radius 2 is 2.04 bits per heavy atom. The molecule has 0 radical (unpaired) electrons. The van der Waals surface area contributed by atoms with E-state index in [4.69, 9.17) is 0 Å². The van der Waals surface area contributed by atoms with Crippen LogP contribution in [0.4, 0.5) is 11.4 Å². The van der Waals surface area contributed by atoms with Crippen LogP contribution in [0, 0.1) is 6.92 Å². The summed E-state index contributed by atoms with van der Waals surface area (Å²) in [6.07, 6.45) is 1.81. The number of carbonyl (C=O) groups is 2. The average molecular weight is 391 g/mol. The number of aryl methyl sites for hydroxylation is 1. The van der Waals surface area contributed by atoms with E-state index >= 15 is 0 Å². The molecule has 0 aliphatic carbocycles. The SMILES string of the molecule is Cc1nc(-c2cccc(NC(=O)Cc3ccc(N4CCCC4=O)cc3)c2)cs1. The maximum absolute atomic E-state index is 12.4. The number of benzene rings is 2. The summed E-state index contributed by atoms with van der Waals surface area (Å²) in [4.78, 5) is 30.6. The molecular weight excluding hydrogens is 370 g/mol. The normalized spacial score (nSPS) is 13.8. The van der Waals surface area contributed by atoms with E-state index in [1.807, 2.05) is 60.8 Å². The Hall–Kier alpha value is -2.99. The van der Waals surface area contributed by atoms with Crippen LogP contribution in [0.1, 0.15) is 23.4 Å². The molecule has 2 amide bonds. The van der Waals surface area contributed by atoms with Gasteiger partial charge in [-0.3, -0.25) is 9.59 Å². The molecule has 0 unspecified atom stereocenters. The predicted octanol–water partition coefficient (Wildman–Crippen LogP) is 4.43. The number of thiazole rings is 1. The van der Waals surface area contributed by atoms with Gasteiger partial charge in [0, 0.05) is 35.3 Å². The van der Waals surface area contributed by atoms with Crippen molar-refractivity contribution in [3.05, 3.63) is 64.5 Å². The molecule has 2 aromatic carbocycles. The van der Waals surface area contributed by atoms with Gasteiger partial charge < -0.3 is 10.2 Å². The van der Waals surface area contributed by atoms with Crippen molar-refractivity contribution in [2.24, 2.45) is 0 Å². The Morgan fingerprint density at radius 3 is 2.71 bits per heavy atom. The molecule has 1 fully saturated rings. The van der Waals surface area contributed by atoms with Gasteiger partial charge >= 0.3 is 0 Å². The molecule has 4 rings (SSSR count). The van der Waals surface area contributed by atoms with E-state index in [2.05, 4.69) is 10.3 Å². The van der Waals surface area contributed by atoms with Gasteiger partial charge in [-0.25, -0.2) is 4.98 Å². The Morgan fingerprint density at radius 1 is 1.21 bits per heavy atom. The Bertz CT molecular complexity index is 1010. The lowest BCUT2D eigenvalue weighted by atomic mass is 10.1. The van der Waals surface area contributed by atoms with E-state index < -0.39 is 0 Å². The van der Waals surface area contributed by atoms with Crippen molar-refractivity contribution in [1.82, 2.24) is 4.98 Å². The van der Waals surface area contributed by atoms with Crippen LogP contribution in [0.3, 0.4) is 0 Å². The maximum Gasteiger partial charge on any atom is 0.228 e. The highest BCUT2D eigenvalue weighted by Crippen LogP contribution is 2.25. The molecule has 6 heteroatoms. The van der Waals surface area contributed by atoms with Crippen molar-refractivity contribution >= 4 is 34.5 Å². The van der Waals surface area contributed by atoms with Gasteiger partial charge in [-0.15, -0.1) is 11.3 Å². The molecule has 0 spiro atoms. The summed E-state index contributed by atoms with van der Waals surface area (Å²) in [5.41, 5.74) is 4.48. The fraction of sp³-hybridized carbons (Fsp3) is 0.227. The van der Waals surface area contributed by atoms with Crippen LogP contribution in [0.25, 0.3) is 11.3 Å². The quantitative estimate of drug-likeness (QED) is 0.700. The second-order valence-electron chi connectivity index (χ2n) is 6.87. The molecule has 0 atom stereocenters. The molecule has 1 aliphatic rings. The van der Waals surface area contributed by atoms with Crippen molar-refractivity contribution in [3.8, 4) is 11.3 Å². The molecule has 0 bridgehead atoms. The summed E-state index contributed by atoms with van der Waals surface area (Å²) in [6, 6.07) is 15.4.